The van der Waals surface area contributed by atoms with E-state index in [0.717, 1.165) is 24.8 Å². The van der Waals surface area contributed by atoms with Crippen molar-refractivity contribution in [3.8, 4) is 0 Å². The molecule has 2 heterocycles. The maximum Gasteiger partial charge on any atom is 0.327 e. The molecule has 1 unspecified atom stereocenters. The second-order valence-electron chi connectivity index (χ2n) is 9.17. The Kier molecular flexibility index (Phi) is 7.42. The number of carbonyl (C=O) groups excluding carboxylic acids is 4. The van der Waals surface area contributed by atoms with Gasteiger partial charge >= 0.3 is 12.0 Å². The van der Waals surface area contributed by atoms with E-state index < -0.39 is 17.6 Å². The Labute approximate surface area is 204 Å². The quantitative estimate of drug-likeness (QED) is 0.485. The minimum absolute atomic E-state index is 0.0843. The van der Waals surface area contributed by atoms with Crippen LogP contribution in [0.4, 0.5) is 4.79 Å². The van der Waals surface area contributed by atoms with Gasteiger partial charge in [0.25, 0.3) is 5.91 Å². The van der Waals surface area contributed by atoms with E-state index in [1.54, 1.807) is 29.2 Å². The van der Waals surface area contributed by atoms with Gasteiger partial charge in [-0.1, -0.05) is 43.0 Å². The topological polar surface area (TPSA) is 99.3 Å². The van der Waals surface area contributed by atoms with Crippen LogP contribution in [-0.2, 0) is 19.1 Å². The number of halogens is 1. The van der Waals surface area contributed by atoms with Gasteiger partial charge in [0, 0.05) is 44.2 Å². The molecule has 1 atom stereocenters. The predicted molar refractivity (Wildman–Crippen MR) is 125 cm³/mol. The molecule has 184 valence electrons. The molecule has 1 spiro atoms. The number of hydrogen-bond acceptors (Lipinski definition) is 6. The first kappa shape index (κ1) is 24.5. The Morgan fingerprint density at radius 1 is 1.06 bits per heavy atom. The summed E-state index contributed by atoms with van der Waals surface area (Å²) in [4.78, 5) is 55.6. The largest absolute Gasteiger partial charge is 0.468 e. The molecule has 4 rings (SSSR count). The van der Waals surface area contributed by atoms with Gasteiger partial charge in [0.05, 0.1) is 7.11 Å². The molecule has 1 N–H and O–H groups in total. The van der Waals surface area contributed by atoms with Crippen molar-refractivity contribution in [2.45, 2.75) is 50.1 Å². The molecule has 0 radical (unpaired) electrons. The number of rotatable bonds is 6. The van der Waals surface area contributed by atoms with Crippen molar-refractivity contribution in [2.24, 2.45) is 0 Å². The third-order valence-electron chi connectivity index (χ3n) is 7.14. The Morgan fingerprint density at radius 2 is 1.71 bits per heavy atom. The fourth-order valence-electron chi connectivity index (χ4n) is 5.22. The third-order valence-corrected chi connectivity index (χ3v) is 7.40. The Bertz CT molecular complexity index is 939. The average Bonchev–Trinajstić information content (AvgIpc) is 3.07. The highest BCUT2D eigenvalue weighted by Crippen LogP contribution is 2.33. The van der Waals surface area contributed by atoms with Gasteiger partial charge in [-0.15, -0.1) is 0 Å². The van der Waals surface area contributed by atoms with Crippen LogP contribution in [0.1, 0.15) is 50.1 Å². The van der Waals surface area contributed by atoms with E-state index >= 15 is 0 Å². The zero-order valence-corrected chi connectivity index (χ0v) is 20.2. The molecule has 1 saturated carbocycles. The summed E-state index contributed by atoms with van der Waals surface area (Å²) < 4.78 is 5.02. The Hall–Kier alpha value is -2.65. The van der Waals surface area contributed by atoms with E-state index in [0.29, 0.717) is 44.0 Å². The number of urea groups is 1. The van der Waals surface area contributed by atoms with Gasteiger partial charge in [0.2, 0.25) is 5.91 Å². The highest BCUT2D eigenvalue weighted by molar-refractivity contribution is 6.30. The standard InChI is InChI=1S/C24H31ClN4O5/c1-34-21(31)20(17-5-7-18(25)8-6-17)28-15-13-27(14-16-28)19(30)9-12-29-22(32)24(26-23(29)33)10-3-2-4-11-24/h5-8,20H,2-4,9-16H2,1H3,(H,26,33). The summed E-state index contributed by atoms with van der Waals surface area (Å²) in [5, 5.41) is 3.47. The lowest BCUT2D eigenvalue weighted by atomic mass is 9.82. The average molecular weight is 491 g/mol. The Balaban J connectivity index is 1.32. The number of piperazine rings is 1. The fourth-order valence-corrected chi connectivity index (χ4v) is 5.35. The molecule has 3 fully saturated rings. The number of nitrogens with zero attached hydrogens (tertiary/aromatic N) is 3. The molecule has 2 aliphatic heterocycles. The smallest absolute Gasteiger partial charge is 0.327 e. The monoisotopic (exact) mass is 490 g/mol. The second-order valence-corrected chi connectivity index (χ2v) is 9.61. The van der Waals surface area contributed by atoms with Crippen LogP contribution in [0.25, 0.3) is 0 Å². The molecule has 4 amide bonds. The molecule has 1 aromatic rings. The molecule has 10 heteroatoms. The van der Waals surface area contributed by atoms with Gasteiger partial charge in [-0.2, -0.15) is 0 Å². The van der Waals surface area contributed by atoms with Crippen LogP contribution in [0.3, 0.4) is 0 Å². The zero-order chi connectivity index (χ0) is 24.3. The minimum atomic E-state index is -0.769. The minimum Gasteiger partial charge on any atom is -0.468 e. The van der Waals surface area contributed by atoms with E-state index in [-0.39, 0.29) is 30.7 Å². The summed E-state index contributed by atoms with van der Waals surface area (Å²) >= 11 is 5.98. The van der Waals surface area contributed by atoms with E-state index in [2.05, 4.69) is 5.32 Å². The van der Waals surface area contributed by atoms with Crippen LogP contribution in [0, 0.1) is 0 Å². The number of carbonyl (C=O) groups is 4. The van der Waals surface area contributed by atoms with Gasteiger partial charge < -0.3 is 15.0 Å². The number of amides is 4. The van der Waals surface area contributed by atoms with E-state index in [9.17, 15) is 19.2 Å². The van der Waals surface area contributed by atoms with Crippen LogP contribution in [-0.4, -0.2) is 83.9 Å². The van der Waals surface area contributed by atoms with Crippen molar-refractivity contribution < 1.29 is 23.9 Å². The summed E-state index contributed by atoms with van der Waals surface area (Å²) in [5.41, 5.74) is 0.0143. The molecular formula is C24H31ClN4O5. The lowest BCUT2D eigenvalue weighted by Gasteiger charge is -2.38. The van der Waals surface area contributed by atoms with Crippen LogP contribution >= 0.6 is 11.6 Å². The number of ether oxygens (including phenoxy) is 1. The van der Waals surface area contributed by atoms with Crippen molar-refractivity contribution in [1.82, 2.24) is 20.0 Å². The molecule has 34 heavy (non-hydrogen) atoms. The van der Waals surface area contributed by atoms with Gasteiger partial charge in [0.1, 0.15) is 11.6 Å². The van der Waals surface area contributed by atoms with Crippen LogP contribution in [0.15, 0.2) is 24.3 Å². The first-order chi connectivity index (χ1) is 16.3. The lowest BCUT2D eigenvalue weighted by molar-refractivity contribution is -0.148. The van der Waals surface area contributed by atoms with Crippen molar-refractivity contribution in [2.75, 3.05) is 39.8 Å². The number of benzene rings is 1. The van der Waals surface area contributed by atoms with Gasteiger partial charge in [-0.25, -0.2) is 9.59 Å². The second kappa shape index (κ2) is 10.3. The third kappa shape index (κ3) is 4.90. The van der Waals surface area contributed by atoms with Gasteiger partial charge in [-0.05, 0) is 30.5 Å². The Morgan fingerprint density at radius 3 is 2.32 bits per heavy atom. The highest BCUT2D eigenvalue weighted by Gasteiger charge is 2.51. The number of imide groups is 1. The molecule has 0 aromatic heterocycles. The summed E-state index contributed by atoms with van der Waals surface area (Å²) in [6.45, 7) is 1.98. The number of nitrogens with one attached hydrogen (secondary N) is 1. The van der Waals surface area contributed by atoms with E-state index in [1.807, 2.05) is 4.90 Å². The maximum atomic E-state index is 12.9. The first-order valence-corrected chi connectivity index (χ1v) is 12.2. The van der Waals surface area contributed by atoms with Crippen LogP contribution < -0.4 is 5.32 Å². The fraction of sp³-hybridized carbons (Fsp3) is 0.583. The van der Waals surface area contributed by atoms with E-state index in [4.69, 9.17) is 16.3 Å². The molecule has 1 aliphatic carbocycles. The molecule has 0 bridgehead atoms. The lowest BCUT2D eigenvalue weighted by Crippen LogP contribution is -2.51. The summed E-state index contributed by atoms with van der Waals surface area (Å²) in [5.74, 6) is -0.665. The molecule has 3 aliphatic rings. The number of hydrogen-bond donors (Lipinski definition) is 1. The van der Waals surface area contributed by atoms with Crippen molar-refractivity contribution >= 4 is 35.4 Å². The van der Waals surface area contributed by atoms with Crippen molar-refractivity contribution in [3.05, 3.63) is 34.9 Å². The maximum absolute atomic E-state index is 12.9. The summed E-state index contributed by atoms with van der Waals surface area (Å²) in [7, 11) is 1.36. The van der Waals surface area contributed by atoms with Crippen molar-refractivity contribution in [1.29, 1.82) is 0 Å². The van der Waals surface area contributed by atoms with Gasteiger partial charge in [-0.3, -0.25) is 19.4 Å². The van der Waals surface area contributed by atoms with Crippen LogP contribution in [0.5, 0.6) is 0 Å². The normalized spacial score (nSPS) is 21.5. The van der Waals surface area contributed by atoms with Gasteiger partial charge in [0.15, 0.2) is 0 Å². The van der Waals surface area contributed by atoms with Crippen LogP contribution in [0.2, 0.25) is 5.02 Å². The first-order valence-electron chi connectivity index (χ1n) is 11.8. The zero-order valence-electron chi connectivity index (χ0n) is 19.4. The summed E-state index contributed by atoms with van der Waals surface area (Å²) in [6.07, 6.45) is 4.34. The number of methoxy groups -OCH3 is 1. The summed E-state index contributed by atoms with van der Waals surface area (Å²) in [6, 6.07) is 6.11. The molecule has 9 nitrogen and oxygen atoms in total. The SMILES string of the molecule is COC(=O)C(c1ccc(Cl)cc1)N1CCN(C(=O)CCN2C(=O)NC3(CCCCC3)C2=O)CC1. The number of esters is 1. The molecule has 2 saturated heterocycles. The van der Waals surface area contributed by atoms with Crippen molar-refractivity contribution in [3.63, 3.8) is 0 Å². The molecule has 1 aromatic carbocycles. The molecular weight excluding hydrogens is 460 g/mol. The predicted octanol–water partition coefficient (Wildman–Crippen LogP) is 2.34. The van der Waals surface area contributed by atoms with E-state index in [1.165, 1.54) is 12.0 Å². The highest BCUT2D eigenvalue weighted by atomic mass is 35.5.